The number of amides is 2. The minimum atomic E-state index is -0.482. The summed E-state index contributed by atoms with van der Waals surface area (Å²) in [5.74, 6) is -0.202. The number of benzene rings is 2. The van der Waals surface area contributed by atoms with E-state index in [1.807, 2.05) is 37.3 Å². The average Bonchev–Trinajstić information content (AvgIpc) is 3.31. The Labute approximate surface area is 228 Å². The number of nitro benzene ring substituents is 1. The van der Waals surface area contributed by atoms with Gasteiger partial charge < -0.3 is 15.0 Å². The number of carbonyl (C=O) groups excluding carboxylic acids is 2. The lowest BCUT2D eigenvalue weighted by molar-refractivity contribution is -0.384. The number of nitrogens with one attached hydrogen (secondary N) is 1. The van der Waals surface area contributed by atoms with Crippen molar-refractivity contribution in [2.45, 2.75) is 39.5 Å². The summed E-state index contributed by atoms with van der Waals surface area (Å²) in [5.41, 5.74) is 3.04. The summed E-state index contributed by atoms with van der Waals surface area (Å²) < 4.78 is 6.84. The number of carbonyl (C=O) groups is 2. The number of non-ortho nitro benzene ring substituents is 1. The van der Waals surface area contributed by atoms with Gasteiger partial charge in [-0.25, -0.2) is 4.68 Å². The van der Waals surface area contributed by atoms with Crippen molar-refractivity contribution < 1.29 is 19.2 Å². The fourth-order valence-electron chi connectivity index (χ4n) is 3.82. The Balaban J connectivity index is 1.80. The van der Waals surface area contributed by atoms with Gasteiger partial charge in [0.15, 0.2) is 0 Å². The third-order valence-corrected chi connectivity index (χ3v) is 6.03. The van der Waals surface area contributed by atoms with Crippen LogP contribution in [0.3, 0.4) is 0 Å². The minimum absolute atomic E-state index is 0.0316. The Morgan fingerprint density at radius 3 is 2.46 bits per heavy atom. The molecule has 10 heteroatoms. The molecule has 0 spiro atoms. The van der Waals surface area contributed by atoms with Crippen LogP contribution in [0.15, 0.2) is 60.7 Å². The molecule has 0 saturated heterocycles. The maximum atomic E-state index is 13.2. The number of ether oxygens (including phenoxy) is 1. The zero-order chi connectivity index (χ0) is 28.6. The van der Waals surface area contributed by atoms with Gasteiger partial charge in [0.1, 0.15) is 12.4 Å². The highest BCUT2D eigenvalue weighted by Gasteiger charge is 2.23. The van der Waals surface area contributed by atoms with Gasteiger partial charge in [-0.2, -0.15) is 5.10 Å². The van der Waals surface area contributed by atoms with Crippen LogP contribution in [0.5, 0.6) is 0 Å². The first-order valence-electron chi connectivity index (χ1n) is 12.7. The summed E-state index contributed by atoms with van der Waals surface area (Å²) in [5, 5.41) is 18.6. The Morgan fingerprint density at radius 2 is 1.85 bits per heavy atom. The van der Waals surface area contributed by atoms with Crippen molar-refractivity contribution in [2.75, 3.05) is 32.1 Å². The molecule has 3 rings (SSSR count). The van der Waals surface area contributed by atoms with E-state index in [0.717, 1.165) is 16.9 Å². The van der Waals surface area contributed by atoms with Gasteiger partial charge in [-0.15, -0.1) is 0 Å². The normalized spacial score (nSPS) is 11.5. The van der Waals surface area contributed by atoms with E-state index in [4.69, 9.17) is 9.84 Å². The standard InChI is InChI=1S/C29H35N5O5/c1-21-9-6-7-10-24(21)33-26(19-25(31-33)29(2,3)4)30-27(35)20-32(17-8-18-39-5)28(36)16-13-22-11-14-23(15-12-22)34(37)38/h6-7,9-16,19H,8,17-18,20H2,1-5H3,(H,30,35)/b16-13+. The maximum absolute atomic E-state index is 13.2. The molecule has 0 unspecified atom stereocenters. The van der Waals surface area contributed by atoms with Crippen LogP contribution >= 0.6 is 0 Å². The monoisotopic (exact) mass is 533 g/mol. The van der Waals surface area contributed by atoms with Gasteiger partial charge >= 0.3 is 0 Å². The summed E-state index contributed by atoms with van der Waals surface area (Å²) in [6.45, 7) is 8.72. The van der Waals surface area contributed by atoms with Crippen LogP contribution in [0, 0.1) is 17.0 Å². The van der Waals surface area contributed by atoms with Crippen molar-refractivity contribution in [3.8, 4) is 5.69 Å². The molecule has 1 N–H and O–H groups in total. The smallest absolute Gasteiger partial charge is 0.269 e. The number of hydrogen-bond donors (Lipinski definition) is 1. The molecule has 0 fully saturated rings. The second-order valence-electron chi connectivity index (χ2n) is 10.2. The quantitative estimate of drug-likeness (QED) is 0.162. The zero-order valence-corrected chi connectivity index (χ0v) is 23.0. The molecule has 1 heterocycles. The lowest BCUT2D eigenvalue weighted by Crippen LogP contribution is -2.38. The average molecular weight is 534 g/mol. The molecule has 39 heavy (non-hydrogen) atoms. The van der Waals surface area contributed by atoms with E-state index in [0.29, 0.717) is 31.0 Å². The minimum Gasteiger partial charge on any atom is -0.385 e. The van der Waals surface area contributed by atoms with Gasteiger partial charge in [0.2, 0.25) is 11.8 Å². The van der Waals surface area contributed by atoms with Crippen LogP contribution in [0.1, 0.15) is 44.0 Å². The molecule has 0 bridgehead atoms. The van der Waals surface area contributed by atoms with Gasteiger partial charge in [-0.05, 0) is 48.7 Å². The second-order valence-corrected chi connectivity index (χ2v) is 10.2. The van der Waals surface area contributed by atoms with Gasteiger partial charge in [0, 0.05) is 50.0 Å². The van der Waals surface area contributed by atoms with E-state index in [1.54, 1.807) is 30.0 Å². The number of nitro groups is 1. The Kier molecular flexibility index (Phi) is 9.73. The van der Waals surface area contributed by atoms with E-state index >= 15 is 0 Å². The zero-order valence-electron chi connectivity index (χ0n) is 23.0. The third kappa shape index (κ3) is 8.08. The molecule has 0 atom stereocenters. The van der Waals surface area contributed by atoms with Gasteiger partial charge in [-0.1, -0.05) is 39.0 Å². The molecule has 0 saturated carbocycles. The first-order chi connectivity index (χ1) is 18.5. The largest absolute Gasteiger partial charge is 0.385 e. The van der Waals surface area contributed by atoms with Gasteiger partial charge in [-0.3, -0.25) is 19.7 Å². The SMILES string of the molecule is COCCCN(CC(=O)Nc1cc(C(C)(C)C)nn1-c1ccccc1C)C(=O)/C=C/c1ccc([N+](=O)[O-])cc1. The van der Waals surface area contributed by atoms with Crippen molar-refractivity contribution >= 4 is 29.4 Å². The van der Waals surface area contributed by atoms with Crippen LogP contribution in [-0.2, 0) is 19.7 Å². The van der Waals surface area contributed by atoms with Crippen LogP contribution in [0.25, 0.3) is 11.8 Å². The molecule has 0 aliphatic heterocycles. The number of aromatic nitrogens is 2. The number of methoxy groups -OCH3 is 1. The number of nitrogens with zero attached hydrogens (tertiary/aromatic N) is 4. The molecule has 10 nitrogen and oxygen atoms in total. The fraction of sp³-hybridized carbons (Fsp3) is 0.345. The molecule has 0 aliphatic rings. The van der Waals surface area contributed by atoms with Gasteiger partial charge in [0.05, 0.1) is 16.3 Å². The van der Waals surface area contributed by atoms with Crippen molar-refractivity contribution in [2.24, 2.45) is 0 Å². The van der Waals surface area contributed by atoms with Crippen LogP contribution in [0.2, 0.25) is 0 Å². The predicted molar refractivity (Wildman–Crippen MR) is 151 cm³/mol. The first-order valence-corrected chi connectivity index (χ1v) is 12.7. The van der Waals surface area contributed by atoms with E-state index in [-0.39, 0.29) is 29.5 Å². The number of anilines is 1. The first kappa shape index (κ1) is 29.2. The second kappa shape index (κ2) is 13.0. The summed E-state index contributed by atoms with van der Waals surface area (Å²) in [4.78, 5) is 38.1. The molecule has 0 aliphatic carbocycles. The third-order valence-electron chi connectivity index (χ3n) is 6.03. The maximum Gasteiger partial charge on any atom is 0.269 e. The van der Waals surface area contributed by atoms with Crippen LogP contribution in [0.4, 0.5) is 11.5 Å². The van der Waals surface area contributed by atoms with Crippen molar-refractivity contribution in [3.05, 3.63) is 87.6 Å². The van der Waals surface area contributed by atoms with Gasteiger partial charge in [0.25, 0.3) is 5.69 Å². The topological polar surface area (TPSA) is 120 Å². The molecule has 3 aromatic rings. The van der Waals surface area contributed by atoms with Crippen molar-refractivity contribution in [1.29, 1.82) is 0 Å². The lowest BCUT2D eigenvalue weighted by Gasteiger charge is -2.21. The van der Waals surface area contributed by atoms with E-state index < -0.39 is 4.92 Å². The van der Waals surface area contributed by atoms with Crippen molar-refractivity contribution in [1.82, 2.24) is 14.7 Å². The number of para-hydroxylation sites is 1. The molecule has 2 amide bonds. The summed E-state index contributed by atoms with van der Waals surface area (Å²) >= 11 is 0. The molecule has 1 aromatic heterocycles. The van der Waals surface area contributed by atoms with Crippen molar-refractivity contribution in [3.63, 3.8) is 0 Å². The molecular weight excluding hydrogens is 498 g/mol. The predicted octanol–water partition coefficient (Wildman–Crippen LogP) is 4.90. The number of hydrogen-bond acceptors (Lipinski definition) is 6. The summed E-state index contributed by atoms with van der Waals surface area (Å²) in [6, 6.07) is 15.5. The van der Waals surface area contributed by atoms with E-state index in [1.165, 1.54) is 23.1 Å². The van der Waals surface area contributed by atoms with Crippen LogP contribution in [-0.4, -0.2) is 58.2 Å². The highest BCUT2D eigenvalue weighted by molar-refractivity contribution is 5.98. The number of rotatable bonds is 11. The lowest BCUT2D eigenvalue weighted by atomic mass is 9.92. The Morgan fingerprint density at radius 1 is 1.15 bits per heavy atom. The Bertz CT molecular complexity index is 1340. The van der Waals surface area contributed by atoms with E-state index in [2.05, 4.69) is 26.1 Å². The van der Waals surface area contributed by atoms with Crippen LogP contribution < -0.4 is 5.32 Å². The fourth-order valence-corrected chi connectivity index (χ4v) is 3.82. The highest BCUT2D eigenvalue weighted by atomic mass is 16.6. The molecule has 0 radical (unpaired) electrons. The Hall–Kier alpha value is -4.31. The summed E-state index contributed by atoms with van der Waals surface area (Å²) in [7, 11) is 1.58. The summed E-state index contributed by atoms with van der Waals surface area (Å²) in [6.07, 6.45) is 3.48. The molecule has 2 aromatic carbocycles. The highest BCUT2D eigenvalue weighted by Crippen LogP contribution is 2.27. The van der Waals surface area contributed by atoms with E-state index in [9.17, 15) is 19.7 Å². The number of aryl methyl sites for hydroxylation is 1. The molecular formula is C29H35N5O5. The molecule has 206 valence electrons.